The van der Waals surface area contributed by atoms with E-state index in [0.29, 0.717) is 6.04 Å². The molecule has 24 heavy (non-hydrogen) atoms. The van der Waals surface area contributed by atoms with E-state index in [-0.39, 0.29) is 18.7 Å². The Labute approximate surface area is 147 Å². The fraction of sp³-hybridized carbons (Fsp3) is 0.455. The van der Waals surface area contributed by atoms with Crippen LogP contribution in [0.4, 0.5) is 5.69 Å². The van der Waals surface area contributed by atoms with Crippen molar-refractivity contribution in [1.82, 2.24) is 4.90 Å². The standard InChI is InChI=1S/C22H28N2/c1-17-10-6-9-15-21(17)23-16-24(20-13-7-8-14-20)22(18(23)2)19-11-4-3-5-12-19/h3-6,9-12,15,18,20,22H,7-8,13-14,16H2,1-2H3/t18-,22?/m0/s1/i16D/t16?,18-,22?. The van der Waals surface area contributed by atoms with Crippen molar-refractivity contribution in [1.29, 1.82) is 0 Å². The zero-order valence-electron chi connectivity index (χ0n) is 15.7. The number of hydrogen-bond acceptors (Lipinski definition) is 2. The van der Waals surface area contributed by atoms with Crippen LogP contribution in [-0.2, 0) is 0 Å². The van der Waals surface area contributed by atoms with Gasteiger partial charge in [0, 0.05) is 17.8 Å². The molecule has 126 valence electrons. The molecule has 1 heterocycles. The average molecular weight is 321 g/mol. The van der Waals surface area contributed by atoms with Gasteiger partial charge in [0.25, 0.3) is 0 Å². The minimum atomic E-state index is -0.315. The maximum absolute atomic E-state index is 9.11. The summed E-state index contributed by atoms with van der Waals surface area (Å²) < 4.78 is 9.11. The highest BCUT2D eigenvalue weighted by atomic mass is 15.4. The first-order valence-electron chi connectivity index (χ1n) is 9.85. The van der Waals surface area contributed by atoms with Crippen LogP contribution in [0.15, 0.2) is 54.6 Å². The molecule has 0 N–H and O–H groups in total. The highest BCUT2D eigenvalue weighted by Crippen LogP contribution is 2.41. The van der Waals surface area contributed by atoms with Gasteiger partial charge in [-0.2, -0.15) is 0 Å². The fourth-order valence-electron chi connectivity index (χ4n) is 4.48. The molecule has 0 amide bonds. The zero-order chi connectivity index (χ0) is 17.4. The van der Waals surface area contributed by atoms with Crippen molar-refractivity contribution in [2.75, 3.05) is 11.5 Å². The van der Waals surface area contributed by atoms with Crippen LogP contribution in [0.3, 0.4) is 0 Å². The highest BCUT2D eigenvalue weighted by Gasteiger charge is 2.42. The van der Waals surface area contributed by atoms with E-state index in [1.807, 2.05) is 0 Å². The lowest BCUT2D eigenvalue weighted by atomic mass is 9.98. The Morgan fingerprint density at radius 2 is 1.62 bits per heavy atom. The molecule has 1 saturated carbocycles. The molecule has 0 bridgehead atoms. The summed E-state index contributed by atoms with van der Waals surface area (Å²) in [6.45, 7) is 4.13. The number of benzene rings is 2. The lowest BCUT2D eigenvalue weighted by molar-refractivity contribution is 0.178. The summed E-state index contributed by atoms with van der Waals surface area (Å²) in [6, 6.07) is 20.4. The Hall–Kier alpha value is -1.80. The topological polar surface area (TPSA) is 6.48 Å². The summed E-state index contributed by atoms with van der Waals surface area (Å²) in [4.78, 5) is 4.81. The molecule has 2 aliphatic rings. The van der Waals surface area contributed by atoms with Gasteiger partial charge in [0.05, 0.1) is 14.1 Å². The average Bonchev–Trinajstić information content (AvgIpc) is 3.23. The normalized spacial score (nSPS) is 29.2. The summed E-state index contributed by atoms with van der Waals surface area (Å²) in [5.41, 5.74) is 3.80. The van der Waals surface area contributed by atoms with Gasteiger partial charge in [-0.15, -0.1) is 0 Å². The van der Waals surface area contributed by atoms with Gasteiger partial charge in [-0.1, -0.05) is 61.4 Å². The molecular weight excluding hydrogens is 292 g/mol. The fourth-order valence-corrected chi connectivity index (χ4v) is 4.48. The molecule has 1 aliphatic heterocycles. The van der Waals surface area contributed by atoms with E-state index in [4.69, 9.17) is 1.37 Å². The van der Waals surface area contributed by atoms with Crippen LogP contribution in [0.1, 0.15) is 51.1 Å². The molecule has 0 spiro atoms. The number of anilines is 1. The summed E-state index contributed by atoms with van der Waals surface area (Å²) in [6.07, 6.45) is 5.06. The number of rotatable bonds is 3. The van der Waals surface area contributed by atoms with Gasteiger partial charge in [0.2, 0.25) is 0 Å². The SMILES string of the molecule is [2H]C1N(C2CCCC2)C(c2ccccc2)[C@H](C)N1c1ccccc1C. The van der Waals surface area contributed by atoms with Gasteiger partial charge < -0.3 is 4.90 Å². The van der Waals surface area contributed by atoms with Crippen LogP contribution in [-0.4, -0.2) is 23.6 Å². The largest absolute Gasteiger partial charge is 0.354 e. The molecule has 2 fully saturated rings. The van der Waals surface area contributed by atoms with Crippen molar-refractivity contribution in [2.45, 2.75) is 57.7 Å². The summed E-state index contributed by atoms with van der Waals surface area (Å²) in [5.74, 6) is 0. The molecule has 4 rings (SSSR count). The molecule has 2 aromatic rings. The van der Waals surface area contributed by atoms with Crippen LogP contribution in [0.2, 0.25) is 0 Å². The van der Waals surface area contributed by atoms with Crippen LogP contribution >= 0.6 is 0 Å². The van der Waals surface area contributed by atoms with E-state index >= 15 is 0 Å². The first-order chi connectivity index (χ1) is 12.2. The number of aryl methyl sites for hydroxylation is 1. The quantitative estimate of drug-likeness (QED) is 0.771. The highest BCUT2D eigenvalue weighted by molar-refractivity contribution is 5.55. The Bertz CT molecular complexity index is 711. The number of nitrogens with zero attached hydrogens (tertiary/aromatic N) is 2. The van der Waals surface area contributed by atoms with Gasteiger partial charge >= 0.3 is 0 Å². The molecular formula is C22H28N2. The van der Waals surface area contributed by atoms with Gasteiger partial charge in [0.1, 0.15) is 0 Å². The Balaban J connectivity index is 1.77. The molecule has 1 aliphatic carbocycles. The second-order valence-corrected chi connectivity index (χ2v) is 7.29. The van der Waals surface area contributed by atoms with Gasteiger partial charge in [-0.3, -0.25) is 4.90 Å². The lowest BCUT2D eigenvalue weighted by Crippen LogP contribution is -2.35. The first-order valence-corrected chi connectivity index (χ1v) is 9.27. The minimum absolute atomic E-state index is 0.284. The molecule has 3 atom stereocenters. The molecule has 2 nitrogen and oxygen atoms in total. The summed E-state index contributed by atoms with van der Waals surface area (Å²) >= 11 is 0. The third-order valence-corrected chi connectivity index (χ3v) is 5.76. The maximum Gasteiger partial charge on any atom is 0.0719 e. The van der Waals surface area contributed by atoms with E-state index < -0.39 is 0 Å². The van der Waals surface area contributed by atoms with Crippen LogP contribution < -0.4 is 4.90 Å². The van der Waals surface area contributed by atoms with Gasteiger partial charge in [-0.05, 0) is 43.9 Å². The third kappa shape index (κ3) is 2.73. The molecule has 2 unspecified atom stereocenters. The molecule has 0 radical (unpaired) electrons. The second kappa shape index (κ2) is 6.60. The molecule has 2 heteroatoms. The van der Waals surface area contributed by atoms with Crippen molar-refractivity contribution in [3.05, 3.63) is 65.7 Å². The summed E-state index contributed by atoms with van der Waals surface area (Å²) in [5, 5.41) is 0. The first kappa shape index (κ1) is 14.5. The molecule has 2 aromatic carbocycles. The van der Waals surface area contributed by atoms with E-state index in [1.54, 1.807) is 0 Å². The number of para-hydroxylation sites is 1. The predicted molar refractivity (Wildman–Crippen MR) is 101 cm³/mol. The van der Waals surface area contributed by atoms with Gasteiger partial charge in [-0.25, -0.2) is 0 Å². The Morgan fingerprint density at radius 1 is 0.958 bits per heavy atom. The van der Waals surface area contributed by atoms with Crippen molar-refractivity contribution < 1.29 is 1.37 Å². The Kier molecular flexibility index (Phi) is 4.00. The predicted octanol–water partition coefficient (Wildman–Crippen LogP) is 5.15. The van der Waals surface area contributed by atoms with Crippen molar-refractivity contribution in [3.8, 4) is 0 Å². The Morgan fingerprint density at radius 3 is 2.33 bits per heavy atom. The lowest BCUT2D eigenvalue weighted by Gasteiger charge is -2.30. The number of hydrogen-bond donors (Lipinski definition) is 0. The second-order valence-electron chi connectivity index (χ2n) is 7.29. The van der Waals surface area contributed by atoms with Crippen molar-refractivity contribution in [3.63, 3.8) is 0 Å². The van der Waals surface area contributed by atoms with Crippen LogP contribution in [0.25, 0.3) is 0 Å². The van der Waals surface area contributed by atoms with E-state index in [0.717, 1.165) is 0 Å². The minimum Gasteiger partial charge on any atom is -0.354 e. The maximum atomic E-state index is 9.11. The van der Waals surface area contributed by atoms with E-state index in [1.165, 1.54) is 42.5 Å². The van der Waals surface area contributed by atoms with Crippen molar-refractivity contribution in [2.24, 2.45) is 0 Å². The van der Waals surface area contributed by atoms with Crippen LogP contribution in [0, 0.1) is 6.92 Å². The zero-order valence-corrected chi connectivity index (χ0v) is 14.7. The van der Waals surface area contributed by atoms with E-state index in [9.17, 15) is 0 Å². The molecule has 0 aromatic heterocycles. The van der Waals surface area contributed by atoms with E-state index in [2.05, 4.69) is 78.2 Å². The third-order valence-electron chi connectivity index (χ3n) is 5.76. The molecule has 1 saturated heterocycles. The smallest absolute Gasteiger partial charge is 0.0719 e. The monoisotopic (exact) mass is 321 g/mol. The van der Waals surface area contributed by atoms with Gasteiger partial charge in [0.15, 0.2) is 0 Å². The van der Waals surface area contributed by atoms with Crippen molar-refractivity contribution >= 4 is 5.69 Å². The summed E-state index contributed by atoms with van der Waals surface area (Å²) in [7, 11) is 0. The van der Waals surface area contributed by atoms with Crippen LogP contribution in [0.5, 0.6) is 0 Å².